The minimum Gasteiger partial charge on any atom is -0.349 e. The zero-order chi connectivity index (χ0) is 13.8. The van der Waals surface area contributed by atoms with Crippen molar-refractivity contribution in [1.29, 1.82) is 0 Å². The van der Waals surface area contributed by atoms with E-state index in [1.807, 2.05) is 37.6 Å². The van der Waals surface area contributed by atoms with Gasteiger partial charge >= 0.3 is 0 Å². The molecule has 0 radical (unpaired) electrons. The molecule has 5 heteroatoms. The SMILES string of the molecule is CCn1cc(Br)cc1C(=O)NCC(N)(CC)CC. The number of carbonyl (C=O) groups is 1. The molecule has 1 amide bonds. The molecule has 0 aliphatic rings. The zero-order valence-corrected chi connectivity index (χ0v) is 12.9. The van der Waals surface area contributed by atoms with Gasteiger partial charge in [-0.15, -0.1) is 0 Å². The second-order valence-electron chi connectivity index (χ2n) is 4.58. The fraction of sp³-hybridized carbons (Fsp3) is 0.615. The molecule has 18 heavy (non-hydrogen) atoms. The molecule has 1 rings (SSSR count). The van der Waals surface area contributed by atoms with Crippen molar-refractivity contribution >= 4 is 21.8 Å². The standard InChI is InChI=1S/C13H22BrN3O/c1-4-13(15,5-2)9-16-12(18)11-7-10(14)8-17(11)6-3/h7-8H,4-6,9,15H2,1-3H3,(H,16,18). The topological polar surface area (TPSA) is 60.0 Å². The number of rotatable bonds is 6. The maximum absolute atomic E-state index is 12.1. The summed E-state index contributed by atoms with van der Waals surface area (Å²) in [7, 11) is 0. The first kappa shape index (κ1) is 15.2. The van der Waals surface area contributed by atoms with Gasteiger partial charge in [-0.2, -0.15) is 0 Å². The summed E-state index contributed by atoms with van der Waals surface area (Å²) in [6.45, 7) is 7.37. The highest BCUT2D eigenvalue weighted by atomic mass is 79.9. The van der Waals surface area contributed by atoms with Gasteiger partial charge in [-0.05, 0) is 41.8 Å². The lowest BCUT2D eigenvalue weighted by atomic mass is 9.94. The normalized spacial score (nSPS) is 11.6. The van der Waals surface area contributed by atoms with Crippen molar-refractivity contribution in [2.24, 2.45) is 5.73 Å². The summed E-state index contributed by atoms with van der Waals surface area (Å²) in [6, 6.07) is 1.83. The molecule has 3 N–H and O–H groups in total. The van der Waals surface area contributed by atoms with Crippen LogP contribution in [0.5, 0.6) is 0 Å². The number of carbonyl (C=O) groups excluding carboxylic acids is 1. The summed E-state index contributed by atoms with van der Waals surface area (Å²) in [5, 5.41) is 2.92. The Morgan fingerprint density at radius 1 is 1.44 bits per heavy atom. The summed E-state index contributed by atoms with van der Waals surface area (Å²) >= 11 is 3.38. The van der Waals surface area contributed by atoms with E-state index in [0.717, 1.165) is 23.9 Å². The lowest BCUT2D eigenvalue weighted by Gasteiger charge is -2.26. The molecular formula is C13H22BrN3O. The van der Waals surface area contributed by atoms with Gasteiger partial charge in [0.05, 0.1) is 0 Å². The minimum absolute atomic E-state index is 0.0701. The monoisotopic (exact) mass is 315 g/mol. The molecule has 1 aromatic rings. The van der Waals surface area contributed by atoms with E-state index in [2.05, 4.69) is 21.2 Å². The average Bonchev–Trinajstić information content (AvgIpc) is 2.76. The molecular weight excluding hydrogens is 294 g/mol. The smallest absolute Gasteiger partial charge is 0.268 e. The Morgan fingerprint density at radius 3 is 2.56 bits per heavy atom. The van der Waals surface area contributed by atoms with Gasteiger partial charge in [0.2, 0.25) is 0 Å². The molecule has 0 spiro atoms. The van der Waals surface area contributed by atoms with E-state index in [1.165, 1.54) is 0 Å². The fourth-order valence-electron chi connectivity index (χ4n) is 1.77. The largest absolute Gasteiger partial charge is 0.349 e. The Bertz CT molecular complexity index is 410. The molecule has 1 aromatic heterocycles. The molecule has 4 nitrogen and oxygen atoms in total. The Kier molecular flexibility index (Phi) is 5.41. The van der Waals surface area contributed by atoms with Crippen molar-refractivity contribution in [2.45, 2.75) is 45.7 Å². The highest BCUT2D eigenvalue weighted by molar-refractivity contribution is 9.10. The number of nitrogens with zero attached hydrogens (tertiary/aromatic N) is 1. The quantitative estimate of drug-likeness (QED) is 0.847. The first-order valence-corrected chi connectivity index (χ1v) is 7.17. The van der Waals surface area contributed by atoms with E-state index in [4.69, 9.17) is 5.73 Å². The summed E-state index contributed by atoms with van der Waals surface area (Å²) in [5.74, 6) is -0.0701. The zero-order valence-electron chi connectivity index (χ0n) is 11.3. The molecule has 0 aliphatic carbocycles. The second-order valence-corrected chi connectivity index (χ2v) is 5.50. The lowest BCUT2D eigenvalue weighted by molar-refractivity contribution is 0.0933. The van der Waals surface area contributed by atoms with Crippen LogP contribution in [0, 0.1) is 0 Å². The summed E-state index contributed by atoms with van der Waals surface area (Å²) in [4.78, 5) is 12.1. The van der Waals surface area contributed by atoms with Crippen molar-refractivity contribution in [3.8, 4) is 0 Å². The van der Waals surface area contributed by atoms with E-state index in [0.29, 0.717) is 12.2 Å². The molecule has 0 aromatic carbocycles. The van der Waals surface area contributed by atoms with Gasteiger partial charge < -0.3 is 15.6 Å². The Labute approximate surface area is 117 Å². The van der Waals surface area contributed by atoms with Gasteiger partial charge in [0.1, 0.15) is 5.69 Å². The molecule has 0 atom stereocenters. The first-order valence-electron chi connectivity index (χ1n) is 6.38. The number of hydrogen-bond donors (Lipinski definition) is 2. The number of amides is 1. The van der Waals surface area contributed by atoms with Gasteiger partial charge in [0.25, 0.3) is 5.91 Å². The number of aromatic nitrogens is 1. The molecule has 102 valence electrons. The first-order chi connectivity index (χ1) is 8.45. The van der Waals surface area contributed by atoms with Crippen LogP contribution in [0.4, 0.5) is 0 Å². The van der Waals surface area contributed by atoms with Crippen LogP contribution in [0.1, 0.15) is 44.1 Å². The van der Waals surface area contributed by atoms with Crippen LogP contribution in [-0.4, -0.2) is 22.6 Å². The van der Waals surface area contributed by atoms with Gasteiger partial charge in [0.15, 0.2) is 0 Å². The van der Waals surface area contributed by atoms with Gasteiger partial charge in [-0.3, -0.25) is 4.79 Å². The van der Waals surface area contributed by atoms with Crippen LogP contribution >= 0.6 is 15.9 Å². The third-order valence-corrected chi connectivity index (χ3v) is 3.88. The molecule has 0 bridgehead atoms. The van der Waals surface area contributed by atoms with Crippen molar-refractivity contribution in [2.75, 3.05) is 6.54 Å². The van der Waals surface area contributed by atoms with Crippen LogP contribution in [0.25, 0.3) is 0 Å². The molecule has 0 saturated carbocycles. The highest BCUT2D eigenvalue weighted by Crippen LogP contribution is 2.15. The predicted molar refractivity (Wildman–Crippen MR) is 77.6 cm³/mol. The predicted octanol–water partition coefficient (Wildman–Crippen LogP) is 2.52. The van der Waals surface area contributed by atoms with Crippen molar-refractivity contribution in [3.05, 3.63) is 22.4 Å². The second kappa shape index (κ2) is 6.38. The van der Waals surface area contributed by atoms with Crippen LogP contribution < -0.4 is 11.1 Å². The molecule has 0 fully saturated rings. The average molecular weight is 316 g/mol. The van der Waals surface area contributed by atoms with E-state index >= 15 is 0 Å². The summed E-state index contributed by atoms with van der Waals surface area (Å²) in [5.41, 5.74) is 6.52. The maximum Gasteiger partial charge on any atom is 0.268 e. The summed E-state index contributed by atoms with van der Waals surface area (Å²) in [6.07, 6.45) is 3.61. The number of nitrogens with two attached hydrogens (primary N) is 1. The Balaban J connectivity index is 2.71. The van der Waals surface area contributed by atoms with E-state index < -0.39 is 0 Å². The number of aryl methyl sites for hydroxylation is 1. The van der Waals surface area contributed by atoms with Gasteiger partial charge in [-0.25, -0.2) is 0 Å². The van der Waals surface area contributed by atoms with Crippen molar-refractivity contribution in [1.82, 2.24) is 9.88 Å². The van der Waals surface area contributed by atoms with E-state index in [9.17, 15) is 4.79 Å². The van der Waals surface area contributed by atoms with Gasteiger partial charge in [0, 0.05) is 29.3 Å². The van der Waals surface area contributed by atoms with Gasteiger partial charge in [-0.1, -0.05) is 13.8 Å². The van der Waals surface area contributed by atoms with Crippen molar-refractivity contribution in [3.63, 3.8) is 0 Å². The van der Waals surface area contributed by atoms with Crippen LogP contribution in [0.2, 0.25) is 0 Å². The van der Waals surface area contributed by atoms with Crippen LogP contribution in [-0.2, 0) is 6.54 Å². The van der Waals surface area contributed by atoms with E-state index in [-0.39, 0.29) is 11.4 Å². The van der Waals surface area contributed by atoms with Crippen LogP contribution in [0.3, 0.4) is 0 Å². The Morgan fingerprint density at radius 2 is 2.06 bits per heavy atom. The molecule has 0 aliphatic heterocycles. The fourth-order valence-corrected chi connectivity index (χ4v) is 2.24. The third kappa shape index (κ3) is 3.59. The molecule has 0 unspecified atom stereocenters. The minimum atomic E-state index is -0.309. The van der Waals surface area contributed by atoms with Crippen molar-refractivity contribution < 1.29 is 4.79 Å². The molecule has 1 heterocycles. The molecule has 0 saturated heterocycles. The number of nitrogens with one attached hydrogen (secondary N) is 1. The summed E-state index contributed by atoms with van der Waals surface area (Å²) < 4.78 is 2.83. The van der Waals surface area contributed by atoms with E-state index in [1.54, 1.807) is 0 Å². The highest BCUT2D eigenvalue weighted by Gasteiger charge is 2.22. The maximum atomic E-state index is 12.1. The number of halogens is 1. The number of hydrogen-bond acceptors (Lipinski definition) is 2. The van der Waals surface area contributed by atoms with Crippen LogP contribution in [0.15, 0.2) is 16.7 Å². The lowest BCUT2D eigenvalue weighted by Crippen LogP contribution is -2.49. The third-order valence-electron chi connectivity index (χ3n) is 3.45. The Hall–Kier alpha value is -0.810.